The number of aromatic nitrogens is 2. The van der Waals surface area contributed by atoms with Gasteiger partial charge in [0.25, 0.3) is 0 Å². The van der Waals surface area contributed by atoms with Crippen LogP contribution in [0.5, 0.6) is 5.75 Å². The third-order valence-corrected chi connectivity index (χ3v) is 8.34. The Morgan fingerprint density at radius 2 is 1.88 bits per heavy atom. The van der Waals surface area contributed by atoms with E-state index in [-0.39, 0.29) is 12.7 Å². The SMILES string of the molecule is Nc1cc2c(cc1OC[C@@H]1CO[C@@](Cn3ccnc3)(c3ccc(Cl)cc3Cl)O1)CCN(CC=Cc1ccc(Cl)cc1)C2. The quantitative estimate of drug-likeness (QED) is 0.205. The molecule has 10 heteroatoms. The summed E-state index contributed by atoms with van der Waals surface area (Å²) in [7, 11) is 0. The molecule has 42 heavy (non-hydrogen) atoms. The zero-order valence-electron chi connectivity index (χ0n) is 22.9. The highest BCUT2D eigenvalue weighted by Crippen LogP contribution is 2.41. The predicted octanol–water partition coefficient (Wildman–Crippen LogP) is 6.84. The molecule has 218 valence electrons. The van der Waals surface area contributed by atoms with Crippen LogP contribution in [0.4, 0.5) is 5.69 Å². The fraction of sp³-hybridized carbons (Fsp3) is 0.281. The molecule has 0 amide bonds. The number of fused-ring (bicyclic) bond motifs is 1. The normalized spacial score (nSPS) is 20.7. The van der Waals surface area contributed by atoms with Gasteiger partial charge < -0.3 is 24.5 Å². The Kier molecular flexibility index (Phi) is 8.77. The Hall–Kier alpha value is -3.04. The number of halogens is 3. The van der Waals surface area contributed by atoms with Crippen molar-refractivity contribution in [2.24, 2.45) is 0 Å². The second kappa shape index (κ2) is 12.7. The fourth-order valence-corrected chi connectivity index (χ4v) is 6.09. The Labute approximate surface area is 260 Å². The van der Waals surface area contributed by atoms with E-state index in [2.05, 4.69) is 28.1 Å². The van der Waals surface area contributed by atoms with Crippen LogP contribution >= 0.6 is 34.8 Å². The van der Waals surface area contributed by atoms with Crippen molar-refractivity contribution in [3.05, 3.63) is 117 Å². The summed E-state index contributed by atoms with van der Waals surface area (Å²) < 4.78 is 20.9. The standard InChI is InChI=1S/C32H31Cl3N4O3/c33-25-5-3-22(4-6-25)2-1-11-38-12-9-23-15-31(30(36)14-24(23)17-38)40-18-27-19-41-32(42-27,20-39-13-10-37-21-39)28-8-7-26(34)16-29(28)35/h1-8,10,13-16,21,27H,9,11-12,17-20,36H2/t27-,32-/m1/s1. The first-order chi connectivity index (χ1) is 20.4. The molecule has 0 spiro atoms. The molecule has 0 unspecified atom stereocenters. The second-order valence-corrected chi connectivity index (χ2v) is 11.9. The number of anilines is 1. The molecule has 1 saturated heterocycles. The summed E-state index contributed by atoms with van der Waals surface area (Å²) in [5.41, 5.74) is 11.4. The molecule has 1 aromatic heterocycles. The van der Waals surface area contributed by atoms with E-state index in [9.17, 15) is 0 Å². The molecule has 4 aromatic rings. The van der Waals surface area contributed by atoms with Crippen molar-refractivity contribution < 1.29 is 14.2 Å². The van der Waals surface area contributed by atoms with Gasteiger partial charge in [0.1, 0.15) is 18.5 Å². The molecule has 0 saturated carbocycles. The predicted molar refractivity (Wildman–Crippen MR) is 167 cm³/mol. The van der Waals surface area contributed by atoms with Crippen molar-refractivity contribution in [1.82, 2.24) is 14.5 Å². The van der Waals surface area contributed by atoms with Crippen LogP contribution in [0.1, 0.15) is 22.3 Å². The molecule has 2 atom stereocenters. The molecular formula is C32H31Cl3N4O3. The topological polar surface area (TPSA) is 74.8 Å². The van der Waals surface area contributed by atoms with Gasteiger partial charge in [-0.05, 0) is 59.5 Å². The van der Waals surface area contributed by atoms with Crippen LogP contribution in [0, 0.1) is 0 Å². The largest absolute Gasteiger partial charge is 0.489 e. The number of imidazole rings is 1. The summed E-state index contributed by atoms with van der Waals surface area (Å²) >= 11 is 18.7. The van der Waals surface area contributed by atoms with E-state index >= 15 is 0 Å². The van der Waals surface area contributed by atoms with Crippen LogP contribution in [0.25, 0.3) is 6.08 Å². The van der Waals surface area contributed by atoms with E-state index in [0.717, 1.165) is 36.6 Å². The average molecular weight is 626 g/mol. The van der Waals surface area contributed by atoms with Crippen molar-refractivity contribution in [2.75, 3.05) is 32.0 Å². The van der Waals surface area contributed by atoms with Crippen molar-refractivity contribution >= 4 is 46.6 Å². The smallest absolute Gasteiger partial charge is 0.215 e. The number of rotatable bonds is 9. The zero-order valence-corrected chi connectivity index (χ0v) is 25.2. The first-order valence-electron chi connectivity index (χ1n) is 13.8. The van der Waals surface area contributed by atoms with Crippen LogP contribution in [-0.4, -0.2) is 46.9 Å². The summed E-state index contributed by atoms with van der Waals surface area (Å²) in [4.78, 5) is 6.55. The first-order valence-corrected chi connectivity index (χ1v) is 14.9. The molecule has 0 aliphatic carbocycles. The number of hydrogen-bond donors (Lipinski definition) is 1. The van der Waals surface area contributed by atoms with Crippen LogP contribution < -0.4 is 10.5 Å². The minimum absolute atomic E-state index is 0.279. The van der Waals surface area contributed by atoms with E-state index in [1.807, 2.05) is 47.2 Å². The van der Waals surface area contributed by atoms with E-state index < -0.39 is 5.79 Å². The van der Waals surface area contributed by atoms with Crippen LogP contribution in [0.3, 0.4) is 0 Å². The van der Waals surface area contributed by atoms with Crippen LogP contribution in [0.2, 0.25) is 15.1 Å². The maximum Gasteiger partial charge on any atom is 0.215 e. The van der Waals surface area contributed by atoms with E-state index in [4.69, 9.17) is 54.7 Å². The second-order valence-electron chi connectivity index (χ2n) is 10.6. The minimum atomic E-state index is -1.11. The van der Waals surface area contributed by atoms with Gasteiger partial charge in [0.15, 0.2) is 0 Å². The zero-order chi connectivity index (χ0) is 29.1. The van der Waals surface area contributed by atoms with E-state index in [1.54, 1.807) is 24.7 Å². The molecule has 3 aromatic carbocycles. The summed E-state index contributed by atoms with van der Waals surface area (Å²) in [6.07, 6.45) is 10.2. The Bertz CT molecular complexity index is 1560. The highest BCUT2D eigenvalue weighted by molar-refractivity contribution is 6.35. The fourth-order valence-electron chi connectivity index (χ4n) is 5.41. The van der Waals surface area contributed by atoms with Crippen molar-refractivity contribution in [3.63, 3.8) is 0 Å². The highest BCUT2D eigenvalue weighted by Gasteiger charge is 2.45. The molecule has 3 heterocycles. The van der Waals surface area contributed by atoms with Crippen molar-refractivity contribution in [2.45, 2.75) is 31.4 Å². The van der Waals surface area contributed by atoms with Crippen molar-refractivity contribution in [3.8, 4) is 5.75 Å². The number of nitrogen functional groups attached to an aromatic ring is 1. The third kappa shape index (κ3) is 6.62. The lowest BCUT2D eigenvalue weighted by molar-refractivity contribution is -0.189. The van der Waals surface area contributed by atoms with E-state index in [0.29, 0.717) is 40.2 Å². The molecule has 2 aliphatic heterocycles. The van der Waals surface area contributed by atoms with Crippen LogP contribution in [-0.2, 0) is 34.8 Å². The van der Waals surface area contributed by atoms with E-state index in [1.165, 1.54) is 11.1 Å². The van der Waals surface area contributed by atoms with Gasteiger partial charge in [-0.15, -0.1) is 0 Å². The van der Waals surface area contributed by atoms with Gasteiger partial charge in [-0.3, -0.25) is 4.90 Å². The average Bonchev–Trinajstić information content (AvgIpc) is 3.63. The maximum absolute atomic E-state index is 6.59. The molecule has 1 fully saturated rings. The highest BCUT2D eigenvalue weighted by atomic mass is 35.5. The first kappa shape index (κ1) is 29.1. The molecule has 0 bridgehead atoms. The summed E-state index contributed by atoms with van der Waals surface area (Å²) in [5.74, 6) is -0.450. The maximum atomic E-state index is 6.59. The molecule has 2 aliphatic rings. The number of nitrogens with zero attached hydrogens (tertiary/aromatic N) is 3. The Balaban J connectivity index is 1.09. The molecule has 6 rings (SSSR count). The number of ether oxygens (including phenoxy) is 3. The summed E-state index contributed by atoms with van der Waals surface area (Å²) in [6.45, 7) is 3.63. The van der Waals surface area contributed by atoms with Crippen molar-refractivity contribution in [1.29, 1.82) is 0 Å². The van der Waals surface area contributed by atoms with Gasteiger partial charge in [-0.1, -0.05) is 65.2 Å². The lowest BCUT2D eigenvalue weighted by Gasteiger charge is -2.30. The minimum Gasteiger partial charge on any atom is -0.489 e. The third-order valence-electron chi connectivity index (χ3n) is 7.54. The Morgan fingerprint density at radius 1 is 1.05 bits per heavy atom. The van der Waals surface area contributed by atoms with Crippen LogP contribution in [0.15, 0.2) is 79.4 Å². The van der Waals surface area contributed by atoms with Gasteiger partial charge in [-0.25, -0.2) is 4.98 Å². The number of benzene rings is 3. The number of hydrogen-bond acceptors (Lipinski definition) is 6. The lowest BCUT2D eigenvalue weighted by atomic mass is 9.98. The van der Waals surface area contributed by atoms with Gasteiger partial charge >= 0.3 is 0 Å². The summed E-state index contributed by atoms with van der Waals surface area (Å²) in [6, 6.07) is 17.2. The summed E-state index contributed by atoms with van der Waals surface area (Å²) in [5, 5.41) is 1.75. The molecule has 2 N–H and O–H groups in total. The van der Waals surface area contributed by atoms with Gasteiger partial charge in [0.05, 0.1) is 30.2 Å². The number of nitrogens with two attached hydrogens (primary N) is 1. The van der Waals surface area contributed by atoms with Gasteiger partial charge in [-0.2, -0.15) is 0 Å². The monoisotopic (exact) mass is 624 g/mol. The Morgan fingerprint density at radius 3 is 2.67 bits per heavy atom. The molecule has 7 nitrogen and oxygen atoms in total. The lowest BCUT2D eigenvalue weighted by Crippen LogP contribution is -2.34. The van der Waals surface area contributed by atoms with Gasteiger partial charge in [0, 0.05) is 47.6 Å². The van der Waals surface area contributed by atoms with Gasteiger partial charge in [0.2, 0.25) is 5.79 Å². The molecular weight excluding hydrogens is 595 g/mol. The molecule has 0 radical (unpaired) electrons.